The molecule has 1 aliphatic heterocycles. The van der Waals surface area contributed by atoms with Gasteiger partial charge in [-0.05, 0) is 24.5 Å². The molecule has 1 saturated heterocycles. The number of hydrogen-bond donors (Lipinski definition) is 0. The van der Waals surface area contributed by atoms with E-state index in [1.54, 1.807) is 11.3 Å². The molecule has 3 heterocycles. The largest absolute Gasteiger partial charge is 0.356 e. The lowest BCUT2D eigenvalue weighted by atomic mass is 10.2. The van der Waals surface area contributed by atoms with Gasteiger partial charge in [-0.2, -0.15) is 0 Å². The summed E-state index contributed by atoms with van der Waals surface area (Å²) >= 11 is 1.61. The fraction of sp³-hybridized carbons (Fsp3) is 0.455. The third kappa shape index (κ3) is 1.59. The minimum absolute atomic E-state index is 0.795. The Kier molecular flexibility index (Phi) is 2.09. The molecule has 3 rings (SSSR count). The van der Waals surface area contributed by atoms with Crippen molar-refractivity contribution in [3.8, 4) is 0 Å². The third-order valence-electron chi connectivity index (χ3n) is 2.93. The monoisotopic (exact) mass is 219 g/mol. The molecule has 3 nitrogen and oxygen atoms in total. The molecule has 0 radical (unpaired) electrons. The highest BCUT2D eigenvalue weighted by Crippen LogP contribution is 2.24. The Morgan fingerprint density at radius 1 is 1.47 bits per heavy atom. The SMILES string of the molecule is C[C@H]1CCN(c2ccc3ncsc3n2)C1. The zero-order valence-corrected chi connectivity index (χ0v) is 9.50. The molecule has 78 valence electrons. The van der Waals surface area contributed by atoms with Crippen molar-refractivity contribution in [2.75, 3.05) is 18.0 Å². The van der Waals surface area contributed by atoms with E-state index in [0.717, 1.165) is 35.2 Å². The van der Waals surface area contributed by atoms with E-state index in [2.05, 4.69) is 33.9 Å². The van der Waals surface area contributed by atoms with E-state index >= 15 is 0 Å². The average Bonchev–Trinajstić information content (AvgIpc) is 2.84. The van der Waals surface area contributed by atoms with E-state index in [9.17, 15) is 0 Å². The lowest BCUT2D eigenvalue weighted by Gasteiger charge is -2.16. The van der Waals surface area contributed by atoms with Crippen molar-refractivity contribution in [3.63, 3.8) is 0 Å². The topological polar surface area (TPSA) is 29.0 Å². The highest BCUT2D eigenvalue weighted by Gasteiger charge is 2.19. The van der Waals surface area contributed by atoms with Gasteiger partial charge in [0.05, 0.1) is 5.51 Å². The quantitative estimate of drug-likeness (QED) is 0.738. The van der Waals surface area contributed by atoms with Gasteiger partial charge in [-0.25, -0.2) is 9.97 Å². The van der Waals surface area contributed by atoms with Crippen molar-refractivity contribution in [1.29, 1.82) is 0 Å². The van der Waals surface area contributed by atoms with Gasteiger partial charge in [0.25, 0.3) is 0 Å². The number of pyridine rings is 1. The second-order valence-corrected chi connectivity index (χ2v) is 5.02. The Labute approximate surface area is 92.8 Å². The summed E-state index contributed by atoms with van der Waals surface area (Å²) in [5, 5.41) is 0. The van der Waals surface area contributed by atoms with E-state index < -0.39 is 0 Å². The van der Waals surface area contributed by atoms with E-state index in [1.165, 1.54) is 6.42 Å². The van der Waals surface area contributed by atoms with Crippen LogP contribution in [0.4, 0.5) is 5.82 Å². The first kappa shape index (κ1) is 9.09. The van der Waals surface area contributed by atoms with E-state index in [1.807, 2.05) is 5.51 Å². The Bertz CT molecular complexity index is 479. The summed E-state index contributed by atoms with van der Waals surface area (Å²) in [6.45, 7) is 4.57. The van der Waals surface area contributed by atoms with E-state index in [0.29, 0.717) is 0 Å². The van der Waals surface area contributed by atoms with Crippen LogP contribution in [0.5, 0.6) is 0 Å². The maximum atomic E-state index is 4.63. The molecule has 2 aromatic heterocycles. The van der Waals surface area contributed by atoms with Crippen LogP contribution in [0.15, 0.2) is 17.6 Å². The van der Waals surface area contributed by atoms with Crippen molar-refractivity contribution in [1.82, 2.24) is 9.97 Å². The zero-order valence-electron chi connectivity index (χ0n) is 8.68. The lowest BCUT2D eigenvalue weighted by Crippen LogP contribution is -2.19. The normalized spacial score (nSPS) is 21.4. The Hall–Kier alpha value is -1.16. The van der Waals surface area contributed by atoms with Gasteiger partial charge in [-0.1, -0.05) is 6.92 Å². The van der Waals surface area contributed by atoms with Gasteiger partial charge in [-0.3, -0.25) is 0 Å². The Balaban J connectivity index is 1.97. The van der Waals surface area contributed by atoms with Crippen molar-refractivity contribution >= 4 is 27.5 Å². The lowest BCUT2D eigenvalue weighted by molar-refractivity contribution is 0.659. The van der Waals surface area contributed by atoms with Crippen molar-refractivity contribution in [2.24, 2.45) is 5.92 Å². The van der Waals surface area contributed by atoms with Gasteiger partial charge in [0, 0.05) is 13.1 Å². The van der Waals surface area contributed by atoms with Crippen LogP contribution in [-0.2, 0) is 0 Å². The first-order valence-electron chi connectivity index (χ1n) is 5.28. The van der Waals surface area contributed by atoms with E-state index in [4.69, 9.17) is 0 Å². The van der Waals surface area contributed by atoms with Gasteiger partial charge < -0.3 is 4.90 Å². The number of nitrogens with zero attached hydrogens (tertiary/aromatic N) is 3. The van der Waals surface area contributed by atoms with Crippen molar-refractivity contribution < 1.29 is 0 Å². The molecular weight excluding hydrogens is 206 g/mol. The summed E-state index contributed by atoms with van der Waals surface area (Å²) < 4.78 is 0. The highest BCUT2D eigenvalue weighted by atomic mass is 32.1. The van der Waals surface area contributed by atoms with E-state index in [-0.39, 0.29) is 0 Å². The van der Waals surface area contributed by atoms with Gasteiger partial charge in [-0.15, -0.1) is 11.3 Å². The number of anilines is 1. The van der Waals surface area contributed by atoms with Crippen LogP contribution in [-0.4, -0.2) is 23.1 Å². The predicted molar refractivity (Wildman–Crippen MR) is 63.4 cm³/mol. The summed E-state index contributed by atoms with van der Waals surface area (Å²) in [7, 11) is 0. The fourth-order valence-corrected chi connectivity index (χ4v) is 2.71. The summed E-state index contributed by atoms with van der Waals surface area (Å²) in [5.74, 6) is 1.90. The molecule has 0 N–H and O–H groups in total. The summed E-state index contributed by atoms with van der Waals surface area (Å²) in [4.78, 5) is 12.3. The van der Waals surface area contributed by atoms with Crippen LogP contribution in [0.1, 0.15) is 13.3 Å². The molecule has 2 aromatic rings. The Morgan fingerprint density at radius 2 is 2.40 bits per heavy atom. The van der Waals surface area contributed by atoms with Crippen LogP contribution >= 0.6 is 11.3 Å². The molecular formula is C11H13N3S. The minimum Gasteiger partial charge on any atom is -0.356 e. The summed E-state index contributed by atoms with van der Waals surface area (Å²) in [5.41, 5.74) is 2.87. The second kappa shape index (κ2) is 3.45. The number of rotatable bonds is 1. The van der Waals surface area contributed by atoms with Crippen LogP contribution in [0.2, 0.25) is 0 Å². The van der Waals surface area contributed by atoms with Crippen LogP contribution in [0, 0.1) is 5.92 Å². The van der Waals surface area contributed by atoms with Crippen molar-refractivity contribution in [2.45, 2.75) is 13.3 Å². The fourth-order valence-electron chi connectivity index (χ4n) is 2.06. The maximum absolute atomic E-state index is 4.63. The third-order valence-corrected chi connectivity index (χ3v) is 3.66. The standard InChI is InChI=1S/C11H13N3S/c1-8-4-5-14(6-8)10-3-2-9-11(13-10)15-7-12-9/h2-3,7-8H,4-6H2,1H3/t8-/m0/s1. The van der Waals surface area contributed by atoms with Gasteiger partial charge in [0.2, 0.25) is 0 Å². The first-order chi connectivity index (χ1) is 7.33. The summed E-state index contributed by atoms with van der Waals surface area (Å²) in [6.07, 6.45) is 1.28. The number of aromatic nitrogens is 2. The molecule has 15 heavy (non-hydrogen) atoms. The average molecular weight is 219 g/mol. The molecule has 0 bridgehead atoms. The number of hydrogen-bond acceptors (Lipinski definition) is 4. The molecule has 0 amide bonds. The molecule has 1 aliphatic rings. The van der Waals surface area contributed by atoms with Crippen LogP contribution in [0.3, 0.4) is 0 Å². The maximum Gasteiger partial charge on any atom is 0.145 e. The first-order valence-corrected chi connectivity index (χ1v) is 6.16. The molecule has 0 aromatic carbocycles. The summed E-state index contributed by atoms with van der Waals surface area (Å²) in [6, 6.07) is 4.15. The molecule has 0 aliphatic carbocycles. The zero-order chi connectivity index (χ0) is 10.3. The smallest absolute Gasteiger partial charge is 0.145 e. The Morgan fingerprint density at radius 3 is 3.20 bits per heavy atom. The second-order valence-electron chi connectivity index (χ2n) is 4.19. The van der Waals surface area contributed by atoms with Crippen LogP contribution in [0.25, 0.3) is 10.3 Å². The number of thiazole rings is 1. The van der Waals surface area contributed by atoms with Gasteiger partial charge >= 0.3 is 0 Å². The molecule has 1 atom stereocenters. The predicted octanol–water partition coefficient (Wildman–Crippen LogP) is 2.54. The van der Waals surface area contributed by atoms with Crippen molar-refractivity contribution in [3.05, 3.63) is 17.6 Å². The van der Waals surface area contributed by atoms with Gasteiger partial charge in [0.15, 0.2) is 0 Å². The minimum atomic E-state index is 0.795. The number of fused-ring (bicyclic) bond motifs is 1. The molecule has 4 heteroatoms. The molecule has 0 unspecified atom stereocenters. The van der Waals surface area contributed by atoms with Crippen LogP contribution < -0.4 is 4.90 Å². The molecule has 0 saturated carbocycles. The van der Waals surface area contributed by atoms with Gasteiger partial charge in [0.1, 0.15) is 16.2 Å². The molecule has 1 fully saturated rings. The highest BCUT2D eigenvalue weighted by molar-refractivity contribution is 7.16. The molecule has 0 spiro atoms.